The maximum absolute atomic E-state index is 12.8. The van der Waals surface area contributed by atoms with Gasteiger partial charge in [-0.15, -0.1) is 0 Å². The molecule has 0 saturated carbocycles. The highest BCUT2D eigenvalue weighted by atomic mass is 19.1. The molecule has 1 heterocycles. The maximum atomic E-state index is 12.8. The monoisotopic (exact) mass is 265 g/mol. The van der Waals surface area contributed by atoms with Crippen LogP contribution in [0.4, 0.5) is 9.18 Å². The quantitative estimate of drug-likeness (QED) is 0.842. The van der Waals surface area contributed by atoms with E-state index in [4.69, 9.17) is 4.74 Å². The number of carbonyl (C=O) groups excluding carboxylic acids is 2. The van der Waals surface area contributed by atoms with Gasteiger partial charge in [0.25, 0.3) is 0 Å². The minimum atomic E-state index is -0.716. The molecule has 1 aliphatic heterocycles. The normalized spacial score (nSPS) is 19.3. The van der Waals surface area contributed by atoms with Crippen LogP contribution >= 0.6 is 0 Å². The van der Waals surface area contributed by atoms with Crippen molar-refractivity contribution in [2.75, 3.05) is 13.2 Å². The van der Waals surface area contributed by atoms with E-state index >= 15 is 0 Å². The summed E-state index contributed by atoms with van der Waals surface area (Å²) in [6, 6.07) is 8.60. The van der Waals surface area contributed by atoms with Gasteiger partial charge in [0.05, 0.1) is 6.04 Å². The van der Waals surface area contributed by atoms with Crippen LogP contribution in [0.15, 0.2) is 30.3 Å². The van der Waals surface area contributed by atoms with Crippen molar-refractivity contribution >= 4 is 11.9 Å². The zero-order valence-electron chi connectivity index (χ0n) is 10.5. The molecular formula is C14H16FNO3. The summed E-state index contributed by atoms with van der Waals surface area (Å²) in [6.45, 7) is -0.323. The fourth-order valence-electron chi connectivity index (χ4n) is 2.08. The van der Waals surface area contributed by atoms with Crippen LogP contribution in [0, 0.1) is 0 Å². The molecule has 1 saturated heterocycles. The summed E-state index contributed by atoms with van der Waals surface area (Å²) in [4.78, 5) is 24.4. The number of alkyl halides is 1. The molecule has 2 rings (SSSR count). The van der Waals surface area contributed by atoms with Crippen LogP contribution < -0.4 is 0 Å². The highest BCUT2D eigenvalue weighted by Gasteiger charge is 2.31. The van der Waals surface area contributed by atoms with Gasteiger partial charge in [-0.05, 0) is 5.56 Å². The topological polar surface area (TPSA) is 46.6 Å². The molecule has 0 spiro atoms. The highest BCUT2D eigenvalue weighted by Crippen LogP contribution is 2.16. The van der Waals surface area contributed by atoms with Gasteiger partial charge < -0.3 is 9.64 Å². The van der Waals surface area contributed by atoms with Gasteiger partial charge in [0.1, 0.15) is 19.1 Å². The molecule has 0 aliphatic carbocycles. The number of hydrogen-bond acceptors (Lipinski definition) is 3. The summed E-state index contributed by atoms with van der Waals surface area (Å²) >= 11 is 0. The first-order valence-corrected chi connectivity index (χ1v) is 6.25. The van der Waals surface area contributed by atoms with Gasteiger partial charge in [0.15, 0.2) is 0 Å². The number of carbonyl (C=O) groups is 2. The Morgan fingerprint density at radius 3 is 2.79 bits per heavy atom. The Balaban J connectivity index is 1.90. The molecular weight excluding hydrogens is 249 g/mol. The first kappa shape index (κ1) is 13.5. The number of likely N-dealkylation sites (tertiary alicyclic amines) is 1. The molecule has 4 nitrogen and oxygen atoms in total. The number of halogens is 1. The molecule has 1 atom stereocenters. The number of ether oxygens (including phenoxy) is 1. The van der Waals surface area contributed by atoms with Gasteiger partial charge in [0, 0.05) is 19.4 Å². The second-order valence-electron chi connectivity index (χ2n) is 4.53. The van der Waals surface area contributed by atoms with Crippen molar-refractivity contribution in [2.45, 2.75) is 25.5 Å². The van der Waals surface area contributed by atoms with Crippen LogP contribution in [0.25, 0.3) is 0 Å². The summed E-state index contributed by atoms with van der Waals surface area (Å²) in [6.07, 6.45) is -0.201. The van der Waals surface area contributed by atoms with E-state index in [1.54, 1.807) is 0 Å². The molecule has 0 radical (unpaired) electrons. The number of rotatable bonds is 3. The zero-order chi connectivity index (χ0) is 13.7. The van der Waals surface area contributed by atoms with E-state index in [-0.39, 0.29) is 31.8 Å². The number of nitrogens with zero attached hydrogens (tertiary/aromatic N) is 1. The molecule has 19 heavy (non-hydrogen) atoms. The van der Waals surface area contributed by atoms with Crippen LogP contribution in [0.5, 0.6) is 0 Å². The highest BCUT2D eigenvalue weighted by molar-refractivity contribution is 5.82. The fourth-order valence-corrected chi connectivity index (χ4v) is 2.08. The van der Waals surface area contributed by atoms with E-state index in [0.717, 1.165) is 5.56 Å². The van der Waals surface area contributed by atoms with Crippen LogP contribution in [0.1, 0.15) is 18.4 Å². The van der Waals surface area contributed by atoms with Crippen molar-refractivity contribution in [3.63, 3.8) is 0 Å². The van der Waals surface area contributed by atoms with E-state index < -0.39 is 18.8 Å². The Kier molecular flexibility index (Phi) is 4.49. The van der Waals surface area contributed by atoms with Gasteiger partial charge in [-0.25, -0.2) is 9.18 Å². The van der Waals surface area contributed by atoms with Crippen molar-refractivity contribution < 1.29 is 18.7 Å². The molecule has 1 unspecified atom stereocenters. The number of amides is 1. The van der Waals surface area contributed by atoms with E-state index in [1.165, 1.54) is 4.90 Å². The van der Waals surface area contributed by atoms with E-state index in [2.05, 4.69) is 0 Å². The van der Waals surface area contributed by atoms with Gasteiger partial charge >= 0.3 is 6.09 Å². The molecule has 5 heteroatoms. The van der Waals surface area contributed by atoms with Crippen molar-refractivity contribution in [1.29, 1.82) is 0 Å². The smallest absolute Gasteiger partial charge is 0.410 e. The summed E-state index contributed by atoms with van der Waals surface area (Å²) in [5.74, 6) is -0.00485. The van der Waals surface area contributed by atoms with Crippen LogP contribution in [-0.2, 0) is 16.1 Å². The lowest BCUT2D eigenvalue weighted by Crippen LogP contribution is -2.47. The van der Waals surface area contributed by atoms with Crippen molar-refractivity contribution in [3.8, 4) is 0 Å². The Bertz CT molecular complexity index is 449. The molecule has 1 fully saturated rings. The SMILES string of the molecule is O=C1CCN(C(=O)OCc2ccccc2)C(CF)C1. The molecule has 1 aromatic rings. The third-order valence-electron chi connectivity index (χ3n) is 3.15. The molecule has 1 aliphatic rings. The fraction of sp³-hybridized carbons (Fsp3) is 0.429. The number of benzene rings is 1. The van der Waals surface area contributed by atoms with Gasteiger partial charge in [-0.2, -0.15) is 0 Å². The van der Waals surface area contributed by atoms with Crippen LogP contribution in [0.3, 0.4) is 0 Å². The van der Waals surface area contributed by atoms with E-state index in [1.807, 2.05) is 30.3 Å². The van der Waals surface area contributed by atoms with Gasteiger partial charge in [-0.3, -0.25) is 4.79 Å². The molecule has 0 aromatic heterocycles. The standard InChI is InChI=1S/C14H16FNO3/c15-9-12-8-13(17)6-7-16(12)14(18)19-10-11-4-2-1-3-5-11/h1-5,12H,6-10H2. The molecule has 0 bridgehead atoms. The minimum absolute atomic E-state index is 0.00485. The third-order valence-corrected chi connectivity index (χ3v) is 3.15. The number of piperidine rings is 1. The summed E-state index contributed by atoms with van der Waals surface area (Å²) in [5, 5.41) is 0. The summed E-state index contributed by atoms with van der Waals surface area (Å²) in [7, 11) is 0. The number of ketones is 1. The lowest BCUT2D eigenvalue weighted by molar-refractivity contribution is -0.122. The number of hydrogen-bond donors (Lipinski definition) is 0. The second-order valence-corrected chi connectivity index (χ2v) is 4.53. The van der Waals surface area contributed by atoms with Crippen LogP contribution in [0.2, 0.25) is 0 Å². The van der Waals surface area contributed by atoms with Crippen molar-refractivity contribution in [2.24, 2.45) is 0 Å². The average molecular weight is 265 g/mol. The number of Topliss-reactive ketones (excluding diaryl/α,β-unsaturated/α-hetero) is 1. The molecule has 1 amide bonds. The van der Waals surface area contributed by atoms with Crippen molar-refractivity contribution in [1.82, 2.24) is 4.90 Å². The second kappa shape index (κ2) is 6.31. The Morgan fingerprint density at radius 1 is 1.37 bits per heavy atom. The van der Waals surface area contributed by atoms with Crippen molar-refractivity contribution in [3.05, 3.63) is 35.9 Å². The van der Waals surface area contributed by atoms with Gasteiger partial charge in [0.2, 0.25) is 0 Å². The average Bonchev–Trinajstić information content (AvgIpc) is 2.45. The summed E-state index contributed by atoms with van der Waals surface area (Å²) < 4.78 is 18.0. The zero-order valence-corrected chi connectivity index (χ0v) is 10.5. The molecule has 1 aromatic carbocycles. The molecule has 102 valence electrons. The first-order chi connectivity index (χ1) is 9.20. The molecule has 0 N–H and O–H groups in total. The predicted octanol–water partition coefficient (Wildman–Crippen LogP) is 2.33. The lowest BCUT2D eigenvalue weighted by Gasteiger charge is -2.32. The predicted molar refractivity (Wildman–Crippen MR) is 67.3 cm³/mol. The summed E-state index contributed by atoms with van der Waals surface area (Å²) in [5.41, 5.74) is 0.876. The lowest BCUT2D eigenvalue weighted by atomic mass is 10.0. The largest absolute Gasteiger partial charge is 0.445 e. The minimum Gasteiger partial charge on any atom is -0.445 e. The van der Waals surface area contributed by atoms with E-state index in [9.17, 15) is 14.0 Å². The maximum Gasteiger partial charge on any atom is 0.410 e. The third kappa shape index (κ3) is 3.53. The first-order valence-electron chi connectivity index (χ1n) is 6.25. The van der Waals surface area contributed by atoms with Crippen LogP contribution in [-0.4, -0.2) is 36.0 Å². The Labute approximate surface area is 111 Å². The van der Waals surface area contributed by atoms with Gasteiger partial charge in [-0.1, -0.05) is 30.3 Å². The van der Waals surface area contributed by atoms with E-state index in [0.29, 0.717) is 0 Å². The Hall–Kier alpha value is -1.91. The Morgan fingerprint density at radius 2 is 2.11 bits per heavy atom.